The van der Waals surface area contributed by atoms with Crippen LogP contribution in [0.2, 0.25) is 0 Å². The lowest BCUT2D eigenvalue weighted by molar-refractivity contribution is 0.0905. The molecule has 0 radical (unpaired) electrons. The molecule has 1 N–H and O–H groups in total. The van der Waals surface area contributed by atoms with Crippen molar-refractivity contribution in [2.24, 2.45) is 0 Å². The van der Waals surface area contributed by atoms with Gasteiger partial charge in [0, 0.05) is 17.5 Å². The Bertz CT molecular complexity index is 1060. The zero-order valence-electron chi connectivity index (χ0n) is 15.4. The fourth-order valence-corrected chi connectivity index (χ4v) is 3.34. The summed E-state index contributed by atoms with van der Waals surface area (Å²) in [5, 5.41) is 2.75. The highest BCUT2D eigenvalue weighted by molar-refractivity contribution is 5.92. The first-order valence-corrected chi connectivity index (χ1v) is 8.86. The highest BCUT2D eigenvalue weighted by Crippen LogP contribution is 2.40. The summed E-state index contributed by atoms with van der Waals surface area (Å²) in [6.45, 7) is 3.57. The third kappa shape index (κ3) is 3.35. The zero-order chi connectivity index (χ0) is 19.8. The van der Waals surface area contributed by atoms with E-state index in [0.717, 1.165) is 0 Å². The van der Waals surface area contributed by atoms with E-state index in [0.29, 0.717) is 40.1 Å². The third-order valence-corrected chi connectivity index (χ3v) is 4.77. The van der Waals surface area contributed by atoms with Crippen LogP contribution in [0.5, 0.6) is 5.75 Å². The number of halogens is 2. The van der Waals surface area contributed by atoms with Crippen molar-refractivity contribution in [3.8, 4) is 16.9 Å². The molecule has 1 aromatic heterocycles. The molecule has 2 heterocycles. The minimum atomic E-state index is -0.388. The van der Waals surface area contributed by atoms with Crippen LogP contribution in [-0.2, 0) is 6.42 Å². The van der Waals surface area contributed by atoms with Gasteiger partial charge in [-0.15, -0.1) is 0 Å². The van der Waals surface area contributed by atoms with Gasteiger partial charge < -0.3 is 14.5 Å². The molecule has 5 nitrogen and oxygen atoms in total. The largest absolute Gasteiger partial charge is 0.487 e. The van der Waals surface area contributed by atoms with E-state index in [1.807, 2.05) is 0 Å². The fourth-order valence-electron chi connectivity index (χ4n) is 3.34. The number of amides is 1. The molecular formula is C21H18F2N2O3. The fraction of sp³-hybridized carbons (Fsp3) is 0.238. The first-order chi connectivity index (χ1) is 13.4. The van der Waals surface area contributed by atoms with Gasteiger partial charge in [0.05, 0.1) is 12.2 Å². The average molecular weight is 384 g/mol. The minimum absolute atomic E-state index is 0.157. The number of carbonyl (C=O) groups is 1. The molecule has 0 spiro atoms. The summed E-state index contributed by atoms with van der Waals surface area (Å²) in [6.07, 6.45) is 1.33. The van der Waals surface area contributed by atoms with Crippen molar-refractivity contribution in [3.05, 3.63) is 70.9 Å². The highest BCUT2D eigenvalue weighted by atomic mass is 19.1. The van der Waals surface area contributed by atoms with E-state index in [1.54, 1.807) is 26.0 Å². The van der Waals surface area contributed by atoms with Gasteiger partial charge >= 0.3 is 0 Å². The molecule has 0 fully saturated rings. The maximum absolute atomic E-state index is 14.1. The number of aryl methyl sites for hydroxylation is 2. The molecule has 1 amide bonds. The van der Waals surface area contributed by atoms with Gasteiger partial charge in [-0.2, -0.15) is 0 Å². The summed E-state index contributed by atoms with van der Waals surface area (Å²) >= 11 is 0. The Kier molecular flexibility index (Phi) is 4.58. The lowest BCUT2D eigenvalue weighted by Gasteiger charge is -2.14. The van der Waals surface area contributed by atoms with Crippen LogP contribution in [0.15, 0.2) is 41.1 Å². The molecule has 2 aromatic carbocycles. The molecule has 1 aliphatic heterocycles. The van der Waals surface area contributed by atoms with Crippen LogP contribution in [-0.4, -0.2) is 23.5 Å². The van der Waals surface area contributed by atoms with Crippen molar-refractivity contribution in [2.45, 2.75) is 26.4 Å². The maximum atomic E-state index is 14.1. The quantitative estimate of drug-likeness (QED) is 0.739. The summed E-state index contributed by atoms with van der Waals surface area (Å²) in [4.78, 5) is 16.1. The second-order valence-electron chi connectivity index (χ2n) is 6.83. The van der Waals surface area contributed by atoms with E-state index in [4.69, 9.17) is 9.15 Å². The Hall–Kier alpha value is -3.22. The normalized spacial score (nSPS) is 15.2. The predicted octanol–water partition coefficient (Wildman–Crippen LogP) is 3.97. The number of benzene rings is 2. The SMILES string of the molecule is Cc1cc(-c2cc(F)cc3c2O[C@H](CNC(=O)c2ocnc2C)C3)ccc1F. The summed E-state index contributed by atoms with van der Waals surface area (Å²) in [5.41, 5.74) is 2.94. The van der Waals surface area contributed by atoms with Crippen LogP contribution in [0.4, 0.5) is 8.78 Å². The minimum Gasteiger partial charge on any atom is -0.487 e. The predicted molar refractivity (Wildman–Crippen MR) is 98.2 cm³/mol. The number of nitrogens with one attached hydrogen (secondary N) is 1. The van der Waals surface area contributed by atoms with E-state index in [9.17, 15) is 13.6 Å². The molecule has 0 saturated heterocycles. The molecule has 0 aliphatic carbocycles. The molecule has 0 bridgehead atoms. The van der Waals surface area contributed by atoms with Gasteiger partial charge in [0.1, 0.15) is 23.5 Å². The smallest absolute Gasteiger partial charge is 0.289 e. The van der Waals surface area contributed by atoms with Gasteiger partial charge in [0.15, 0.2) is 6.39 Å². The molecule has 0 unspecified atom stereocenters. The Balaban J connectivity index is 1.54. The molecule has 3 aromatic rings. The van der Waals surface area contributed by atoms with Crippen LogP contribution >= 0.6 is 0 Å². The van der Waals surface area contributed by atoms with Crippen molar-refractivity contribution < 1.29 is 22.7 Å². The second-order valence-corrected chi connectivity index (χ2v) is 6.83. The lowest BCUT2D eigenvalue weighted by Crippen LogP contribution is -2.34. The molecule has 1 aliphatic rings. The van der Waals surface area contributed by atoms with Crippen LogP contribution in [0.25, 0.3) is 11.1 Å². The lowest BCUT2D eigenvalue weighted by atomic mass is 9.99. The number of oxazole rings is 1. The highest BCUT2D eigenvalue weighted by Gasteiger charge is 2.28. The molecule has 7 heteroatoms. The van der Waals surface area contributed by atoms with E-state index in [2.05, 4.69) is 10.3 Å². The first kappa shape index (κ1) is 18.2. The molecule has 0 saturated carbocycles. The van der Waals surface area contributed by atoms with Crippen LogP contribution in [0.3, 0.4) is 0 Å². The number of aromatic nitrogens is 1. The van der Waals surface area contributed by atoms with Crippen LogP contribution in [0, 0.1) is 25.5 Å². The van der Waals surface area contributed by atoms with Crippen molar-refractivity contribution in [1.82, 2.24) is 10.3 Å². The number of nitrogens with zero attached hydrogens (tertiary/aromatic N) is 1. The Labute approximate surface area is 160 Å². The monoisotopic (exact) mass is 384 g/mol. The van der Waals surface area contributed by atoms with Gasteiger partial charge in [-0.05, 0) is 49.2 Å². The van der Waals surface area contributed by atoms with E-state index in [1.165, 1.54) is 24.6 Å². The number of fused-ring (bicyclic) bond motifs is 1. The molecule has 144 valence electrons. The standard InChI is InChI=1S/C21H18F2N2O3/c1-11-5-13(3-4-18(11)23)17-8-15(22)6-14-7-16(28-20(14)17)9-24-21(26)19-12(2)25-10-27-19/h3-6,8,10,16H,7,9H2,1-2H3,(H,24,26)/t16-/m0/s1. The molecule has 1 atom stereocenters. The van der Waals surface area contributed by atoms with Gasteiger partial charge in [0.25, 0.3) is 5.91 Å². The summed E-state index contributed by atoms with van der Waals surface area (Å²) < 4.78 is 38.8. The number of rotatable bonds is 4. The molecule has 4 rings (SSSR count). The van der Waals surface area contributed by atoms with E-state index in [-0.39, 0.29) is 36.0 Å². The van der Waals surface area contributed by atoms with Crippen molar-refractivity contribution in [2.75, 3.05) is 6.54 Å². The van der Waals surface area contributed by atoms with Crippen molar-refractivity contribution in [3.63, 3.8) is 0 Å². The zero-order valence-corrected chi connectivity index (χ0v) is 15.4. The van der Waals surface area contributed by atoms with Crippen molar-refractivity contribution in [1.29, 1.82) is 0 Å². The first-order valence-electron chi connectivity index (χ1n) is 8.86. The summed E-state index contributed by atoms with van der Waals surface area (Å²) in [7, 11) is 0. The Morgan fingerprint density at radius 3 is 2.79 bits per heavy atom. The van der Waals surface area contributed by atoms with Crippen LogP contribution in [0.1, 0.15) is 27.4 Å². The second kappa shape index (κ2) is 7.07. The topological polar surface area (TPSA) is 64.4 Å². The Morgan fingerprint density at radius 2 is 2.07 bits per heavy atom. The molecular weight excluding hydrogens is 366 g/mol. The number of hydrogen-bond acceptors (Lipinski definition) is 4. The number of hydrogen-bond donors (Lipinski definition) is 1. The Morgan fingerprint density at radius 1 is 1.25 bits per heavy atom. The van der Waals surface area contributed by atoms with Gasteiger partial charge in [-0.25, -0.2) is 13.8 Å². The third-order valence-electron chi connectivity index (χ3n) is 4.77. The van der Waals surface area contributed by atoms with Crippen LogP contribution < -0.4 is 10.1 Å². The molecule has 28 heavy (non-hydrogen) atoms. The average Bonchev–Trinajstić information content (AvgIpc) is 3.27. The van der Waals surface area contributed by atoms with Gasteiger partial charge in [-0.3, -0.25) is 4.79 Å². The maximum Gasteiger partial charge on any atom is 0.289 e. The number of ether oxygens (including phenoxy) is 1. The van der Waals surface area contributed by atoms with Gasteiger partial charge in [-0.1, -0.05) is 6.07 Å². The number of carbonyl (C=O) groups excluding carboxylic acids is 1. The summed E-state index contributed by atoms with van der Waals surface area (Å²) in [5.74, 6) is -0.371. The van der Waals surface area contributed by atoms with Gasteiger partial charge in [0.2, 0.25) is 5.76 Å². The van der Waals surface area contributed by atoms with Crippen molar-refractivity contribution >= 4 is 5.91 Å². The van der Waals surface area contributed by atoms with E-state index < -0.39 is 0 Å². The summed E-state index contributed by atoms with van der Waals surface area (Å²) in [6, 6.07) is 7.43. The van der Waals surface area contributed by atoms with E-state index >= 15 is 0 Å².